The van der Waals surface area contributed by atoms with Crippen molar-refractivity contribution in [2.45, 2.75) is 25.4 Å². The van der Waals surface area contributed by atoms with Gasteiger partial charge in [0.1, 0.15) is 11.5 Å². The molecule has 6 nitrogen and oxygen atoms in total. The highest BCUT2D eigenvalue weighted by atomic mass is 16.3. The van der Waals surface area contributed by atoms with E-state index >= 15 is 0 Å². The van der Waals surface area contributed by atoms with Crippen molar-refractivity contribution in [3.05, 3.63) is 23.9 Å². The molecular formula is C16H26N4O2. The van der Waals surface area contributed by atoms with Crippen molar-refractivity contribution in [3.63, 3.8) is 0 Å². The predicted molar refractivity (Wildman–Crippen MR) is 87.0 cm³/mol. The molecule has 2 heterocycles. The number of aliphatic hydroxyl groups is 1. The lowest BCUT2D eigenvalue weighted by atomic mass is 10.1. The molecular weight excluding hydrogens is 280 g/mol. The van der Waals surface area contributed by atoms with Gasteiger partial charge < -0.3 is 20.2 Å². The molecule has 22 heavy (non-hydrogen) atoms. The highest BCUT2D eigenvalue weighted by Gasteiger charge is 2.16. The number of piperidine rings is 1. The van der Waals surface area contributed by atoms with E-state index in [1.165, 1.54) is 4.90 Å². The first kappa shape index (κ1) is 16.7. The summed E-state index contributed by atoms with van der Waals surface area (Å²) in [4.78, 5) is 20.0. The minimum Gasteiger partial charge on any atom is -0.392 e. The van der Waals surface area contributed by atoms with Gasteiger partial charge in [-0.3, -0.25) is 4.79 Å². The molecule has 1 saturated heterocycles. The molecule has 2 N–H and O–H groups in total. The van der Waals surface area contributed by atoms with E-state index < -0.39 is 0 Å². The van der Waals surface area contributed by atoms with Crippen LogP contribution in [0.5, 0.6) is 0 Å². The van der Waals surface area contributed by atoms with Crippen molar-refractivity contribution < 1.29 is 9.90 Å². The topological polar surface area (TPSA) is 68.7 Å². The number of nitrogens with zero attached hydrogens (tertiary/aromatic N) is 3. The van der Waals surface area contributed by atoms with Crippen LogP contribution in [0.2, 0.25) is 0 Å². The van der Waals surface area contributed by atoms with Gasteiger partial charge in [-0.25, -0.2) is 4.98 Å². The first-order valence-corrected chi connectivity index (χ1v) is 7.89. The quantitative estimate of drug-likeness (QED) is 0.769. The van der Waals surface area contributed by atoms with Crippen molar-refractivity contribution in [1.29, 1.82) is 0 Å². The zero-order valence-corrected chi connectivity index (χ0v) is 13.5. The summed E-state index contributed by atoms with van der Waals surface area (Å²) in [5, 5.41) is 12.9. The summed E-state index contributed by atoms with van der Waals surface area (Å²) in [7, 11) is 3.44. The summed E-state index contributed by atoms with van der Waals surface area (Å²) in [5.74, 6) is 0.636. The molecule has 1 aromatic heterocycles. The number of aliphatic hydroxyl groups excluding tert-OH is 1. The Balaban J connectivity index is 1.75. The van der Waals surface area contributed by atoms with Gasteiger partial charge in [-0.1, -0.05) is 6.07 Å². The van der Waals surface area contributed by atoms with Crippen LogP contribution in [-0.4, -0.2) is 72.2 Å². The molecule has 2 rings (SSSR count). The van der Waals surface area contributed by atoms with Gasteiger partial charge in [0.15, 0.2) is 0 Å². The highest BCUT2D eigenvalue weighted by molar-refractivity contribution is 5.92. The number of hydrogen-bond acceptors (Lipinski definition) is 5. The SMILES string of the molecule is CN(C)C(=O)c1cccc(NCCCN2CCCC(O)C2)n1. The van der Waals surface area contributed by atoms with Crippen molar-refractivity contribution in [2.24, 2.45) is 0 Å². The number of carbonyl (C=O) groups is 1. The minimum absolute atomic E-state index is 0.0917. The molecule has 0 aromatic carbocycles. The highest BCUT2D eigenvalue weighted by Crippen LogP contribution is 2.10. The number of anilines is 1. The minimum atomic E-state index is -0.169. The number of carbonyl (C=O) groups excluding carboxylic acids is 1. The molecule has 1 unspecified atom stereocenters. The van der Waals surface area contributed by atoms with E-state index in [4.69, 9.17) is 0 Å². The summed E-state index contributed by atoms with van der Waals surface area (Å²) < 4.78 is 0. The third kappa shape index (κ3) is 4.96. The van der Waals surface area contributed by atoms with Gasteiger partial charge >= 0.3 is 0 Å². The van der Waals surface area contributed by atoms with E-state index in [1.54, 1.807) is 20.2 Å². The van der Waals surface area contributed by atoms with Crippen LogP contribution in [0.1, 0.15) is 29.8 Å². The van der Waals surface area contributed by atoms with Crippen LogP contribution in [0.4, 0.5) is 5.82 Å². The average molecular weight is 306 g/mol. The van der Waals surface area contributed by atoms with Gasteiger partial charge in [0.05, 0.1) is 6.10 Å². The van der Waals surface area contributed by atoms with Crippen LogP contribution in [0, 0.1) is 0 Å². The van der Waals surface area contributed by atoms with Crippen molar-refractivity contribution in [2.75, 3.05) is 45.6 Å². The number of rotatable bonds is 6. The summed E-state index contributed by atoms with van der Waals surface area (Å²) in [6.45, 7) is 3.63. The van der Waals surface area contributed by atoms with E-state index in [0.717, 1.165) is 51.3 Å². The number of hydrogen-bond donors (Lipinski definition) is 2. The van der Waals surface area contributed by atoms with E-state index in [9.17, 15) is 9.90 Å². The van der Waals surface area contributed by atoms with Gasteiger partial charge in [-0.15, -0.1) is 0 Å². The van der Waals surface area contributed by atoms with Gasteiger partial charge in [-0.05, 0) is 44.5 Å². The Kier molecular flexibility index (Phi) is 6.15. The molecule has 0 aliphatic carbocycles. The molecule has 1 aromatic rings. The first-order valence-electron chi connectivity index (χ1n) is 7.89. The fraction of sp³-hybridized carbons (Fsp3) is 0.625. The number of nitrogens with one attached hydrogen (secondary N) is 1. The summed E-state index contributed by atoms with van der Waals surface area (Å²) in [6, 6.07) is 5.44. The molecule has 1 fully saturated rings. The molecule has 6 heteroatoms. The second-order valence-electron chi connectivity index (χ2n) is 5.98. The van der Waals surface area contributed by atoms with Crippen LogP contribution < -0.4 is 5.32 Å². The fourth-order valence-electron chi connectivity index (χ4n) is 2.63. The summed E-state index contributed by atoms with van der Waals surface area (Å²) >= 11 is 0. The van der Waals surface area contributed by atoms with Crippen LogP contribution in [0.3, 0.4) is 0 Å². The monoisotopic (exact) mass is 306 g/mol. The maximum absolute atomic E-state index is 11.9. The zero-order valence-electron chi connectivity index (χ0n) is 13.5. The molecule has 1 atom stereocenters. The Morgan fingerprint density at radius 2 is 2.32 bits per heavy atom. The van der Waals surface area contributed by atoms with Gasteiger partial charge in [0.25, 0.3) is 5.91 Å². The molecule has 1 amide bonds. The lowest BCUT2D eigenvalue weighted by molar-refractivity contribution is 0.0706. The normalized spacial score (nSPS) is 19.0. The molecule has 1 aliphatic rings. The lowest BCUT2D eigenvalue weighted by Gasteiger charge is -2.29. The number of likely N-dealkylation sites (tertiary alicyclic amines) is 1. The van der Waals surface area contributed by atoms with Crippen molar-refractivity contribution in [3.8, 4) is 0 Å². The summed E-state index contributed by atoms with van der Waals surface area (Å²) in [5.41, 5.74) is 0.453. The second-order valence-corrected chi connectivity index (χ2v) is 5.98. The molecule has 122 valence electrons. The average Bonchev–Trinajstić information content (AvgIpc) is 2.51. The van der Waals surface area contributed by atoms with Gasteiger partial charge in [0.2, 0.25) is 0 Å². The third-order valence-electron chi connectivity index (χ3n) is 3.81. The van der Waals surface area contributed by atoms with Crippen LogP contribution in [-0.2, 0) is 0 Å². The van der Waals surface area contributed by atoms with Crippen molar-refractivity contribution >= 4 is 11.7 Å². The number of pyridine rings is 1. The number of amides is 1. The maximum Gasteiger partial charge on any atom is 0.272 e. The Hall–Kier alpha value is -1.66. The third-order valence-corrected chi connectivity index (χ3v) is 3.81. The van der Waals surface area contributed by atoms with Gasteiger partial charge in [-0.2, -0.15) is 0 Å². The lowest BCUT2D eigenvalue weighted by Crippen LogP contribution is -2.39. The van der Waals surface area contributed by atoms with Crippen LogP contribution in [0.15, 0.2) is 18.2 Å². The molecule has 0 bridgehead atoms. The standard InChI is InChI=1S/C16H26N4O2/c1-19(2)16(22)14-7-3-8-15(18-14)17-9-5-11-20-10-4-6-13(21)12-20/h3,7-8,13,21H,4-6,9-12H2,1-2H3,(H,17,18). The maximum atomic E-state index is 11.9. The summed E-state index contributed by atoms with van der Waals surface area (Å²) in [6.07, 6.45) is 2.81. The van der Waals surface area contributed by atoms with E-state index in [1.807, 2.05) is 12.1 Å². The first-order chi connectivity index (χ1) is 10.6. The molecule has 0 saturated carbocycles. The number of aromatic nitrogens is 1. The molecule has 1 aliphatic heterocycles. The Morgan fingerprint density at radius 1 is 1.50 bits per heavy atom. The van der Waals surface area contributed by atoms with E-state index in [-0.39, 0.29) is 12.0 Å². The predicted octanol–water partition coefficient (Wildman–Crippen LogP) is 1.04. The second kappa shape index (κ2) is 8.10. The van der Waals surface area contributed by atoms with Crippen molar-refractivity contribution in [1.82, 2.24) is 14.8 Å². The van der Waals surface area contributed by atoms with E-state index in [0.29, 0.717) is 5.69 Å². The Bertz CT molecular complexity index is 493. The fourth-order valence-corrected chi connectivity index (χ4v) is 2.63. The van der Waals surface area contributed by atoms with E-state index in [2.05, 4.69) is 15.2 Å². The van der Waals surface area contributed by atoms with Crippen LogP contribution in [0.25, 0.3) is 0 Å². The largest absolute Gasteiger partial charge is 0.392 e. The molecule has 0 radical (unpaired) electrons. The zero-order chi connectivity index (χ0) is 15.9. The Labute approximate surface area is 132 Å². The van der Waals surface area contributed by atoms with Crippen LogP contribution >= 0.6 is 0 Å². The number of β-amino-alcohol motifs (C(OH)–C–C–N with tert-alkyl or cyclic N) is 1. The smallest absolute Gasteiger partial charge is 0.272 e. The molecule has 0 spiro atoms. The Morgan fingerprint density at radius 3 is 3.05 bits per heavy atom. The van der Waals surface area contributed by atoms with Gasteiger partial charge in [0, 0.05) is 27.2 Å².